The first kappa shape index (κ1) is 20.7. The minimum absolute atomic E-state index is 0.0508. The van der Waals surface area contributed by atoms with Crippen molar-refractivity contribution >= 4 is 17.5 Å². The lowest BCUT2D eigenvalue weighted by Crippen LogP contribution is -2.49. The van der Waals surface area contributed by atoms with Gasteiger partial charge in [0.15, 0.2) is 5.69 Å². The first-order valence-corrected chi connectivity index (χ1v) is 10.5. The normalized spacial score (nSPS) is 13.8. The molecule has 7 nitrogen and oxygen atoms in total. The van der Waals surface area contributed by atoms with Gasteiger partial charge >= 0.3 is 0 Å². The highest BCUT2D eigenvalue weighted by Gasteiger charge is 2.22. The summed E-state index contributed by atoms with van der Waals surface area (Å²) in [5, 5.41) is 2.79. The van der Waals surface area contributed by atoms with E-state index in [0.717, 1.165) is 18.7 Å². The minimum atomic E-state index is -0.329. The quantitative estimate of drug-likeness (QED) is 0.665. The van der Waals surface area contributed by atoms with Crippen molar-refractivity contribution in [3.8, 4) is 11.5 Å². The number of benzene rings is 2. The van der Waals surface area contributed by atoms with Gasteiger partial charge in [0.1, 0.15) is 5.76 Å². The van der Waals surface area contributed by atoms with E-state index in [9.17, 15) is 9.59 Å². The Morgan fingerprint density at radius 2 is 1.61 bits per heavy atom. The third kappa shape index (κ3) is 4.94. The maximum absolute atomic E-state index is 12.5. The summed E-state index contributed by atoms with van der Waals surface area (Å²) in [6.07, 6.45) is 0.263. The summed E-state index contributed by atoms with van der Waals surface area (Å²) in [5.74, 6) is 0.593. The van der Waals surface area contributed by atoms with E-state index in [2.05, 4.69) is 27.3 Å². The van der Waals surface area contributed by atoms with Gasteiger partial charge in [0.05, 0.1) is 0 Å². The molecule has 1 aromatic heterocycles. The van der Waals surface area contributed by atoms with Crippen LogP contribution in [0.15, 0.2) is 65.1 Å². The Balaban J connectivity index is 1.25. The van der Waals surface area contributed by atoms with Gasteiger partial charge in [-0.25, -0.2) is 4.98 Å². The summed E-state index contributed by atoms with van der Waals surface area (Å²) in [7, 11) is 0. The lowest BCUT2D eigenvalue weighted by atomic mass is 10.2. The van der Waals surface area contributed by atoms with Crippen LogP contribution in [0.2, 0.25) is 0 Å². The number of aromatic nitrogens is 1. The van der Waals surface area contributed by atoms with E-state index in [4.69, 9.17) is 4.42 Å². The molecule has 2 amide bonds. The number of hydrogen-bond acceptors (Lipinski definition) is 5. The molecule has 0 radical (unpaired) electrons. The third-order valence-corrected chi connectivity index (χ3v) is 5.41. The number of anilines is 1. The number of aryl methyl sites for hydroxylation is 1. The Kier molecular flexibility index (Phi) is 6.31. The van der Waals surface area contributed by atoms with E-state index in [0.29, 0.717) is 24.7 Å². The van der Waals surface area contributed by atoms with E-state index in [1.807, 2.05) is 53.4 Å². The number of para-hydroxylation sites is 1. The highest BCUT2D eigenvalue weighted by Crippen LogP contribution is 2.21. The highest BCUT2D eigenvalue weighted by atomic mass is 16.4. The van der Waals surface area contributed by atoms with Gasteiger partial charge in [0, 0.05) is 50.4 Å². The molecule has 1 aliphatic heterocycles. The Hall–Kier alpha value is -3.61. The molecule has 2 aromatic carbocycles. The zero-order valence-electron chi connectivity index (χ0n) is 17.6. The first-order chi connectivity index (χ1) is 15.1. The zero-order valence-corrected chi connectivity index (χ0v) is 17.6. The fraction of sp³-hybridized carbons (Fsp3) is 0.292. The van der Waals surface area contributed by atoms with Crippen LogP contribution in [-0.2, 0) is 4.79 Å². The number of piperazine rings is 1. The predicted octanol–water partition coefficient (Wildman–Crippen LogP) is 3.12. The van der Waals surface area contributed by atoms with Gasteiger partial charge in [-0.3, -0.25) is 9.59 Å². The molecular weight excluding hydrogens is 392 g/mol. The molecule has 3 aromatic rings. The number of nitrogens with one attached hydrogen (secondary N) is 1. The van der Waals surface area contributed by atoms with Gasteiger partial charge in [0.2, 0.25) is 11.8 Å². The van der Waals surface area contributed by atoms with Gasteiger partial charge < -0.3 is 19.5 Å². The van der Waals surface area contributed by atoms with Crippen molar-refractivity contribution in [2.24, 2.45) is 0 Å². The van der Waals surface area contributed by atoms with Gasteiger partial charge in [-0.15, -0.1) is 0 Å². The molecule has 7 heteroatoms. The van der Waals surface area contributed by atoms with Gasteiger partial charge in [-0.1, -0.05) is 36.4 Å². The second kappa shape index (κ2) is 9.47. The van der Waals surface area contributed by atoms with Crippen LogP contribution in [-0.4, -0.2) is 54.4 Å². The van der Waals surface area contributed by atoms with Crippen LogP contribution in [0, 0.1) is 6.92 Å². The fourth-order valence-corrected chi connectivity index (χ4v) is 3.69. The molecule has 31 heavy (non-hydrogen) atoms. The molecular formula is C24H26N4O3. The lowest BCUT2D eigenvalue weighted by molar-refractivity contribution is -0.131. The highest BCUT2D eigenvalue weighted by molar-refractivity contribution is 5.94. The van der Waals surface area contributed by atoms with Gasteiger partial charge in [-0.2, -0.15) is 0 Å². The Morgan fingerprint density at radius 3 is 2.29 bits per heavy atom. The van der Waals surface area contributed by atoms with Crippen molar-refractivity contribution in [3.05, 3.63) is 72.1 Å². The number of nitrogens with zero attached hydrogens (tertiary/aromatic N) is 3. The first-order valence-electron chi connectivity index (χ1n) is 10.5. The zero-order chi connectivity index (χ0) is 21.6. The number of carbonyl (C=O) groups excluding carboxylic acids is 2. The molecule has 0 bridgehead atoms. The Labute approximate surface area is 181 Å². The van der Waals surface area contributed by atoms with Crippen LogP contribution in [0.5, 0.6) is 0 Å². The molecule has 0 unspecified atom stereocenters. The average Bonchev–Trinajstić information content (AvgIpc) is 3.22. The lowest BCUT2D eigenvalue weighted by Gasteiger charge is -2.36. The fourth-order valence-electron chi connectivity index (χ4n) is 3.69. The number of amides is 2. The molecule has 4 rings (SSSR count). The smallest absolute Gasteiger partial charge is 0.273 e. The molecule has 0 saturated carbocycles. The van der Waals surface area contributed by atoms with Crippen molar-refractivity contribution in [2.75, 3.05) is 37.6 Å². The minimum Gasteiger partial charge on any atom is -0.441 e. The molecule has 1 N–H and O–H groups in total. The van der Waals surface area contributed by atoms with Crippen LogP contribution >= 0.6 is 0 Å². The number of oxazole rings is 1. The summed E-state index contributed by atoms with van der Waals surface area (Å²) < 4.78 is 5.64. The SMILES string of the molecule is Cc1oc(-c2ccccc2)nc1C(=O)NCCC(=O)N1CCN(c2ccccc2)CC1. The number of carbonyl (C=O) groups is 2. The van der Waals surface area contributed by atoms with Crippen LogP contribution < -0.4 is 10.2 Å². The maximum atomic E-state index is 12.5. The molecule has 2 heterocycles. The van der Waals surface area contributed by atoms with Crippen LogP contribution in [0.1, 0.15) is 22.7 Å². The predicted molar refractivity (Wildman–Crippen MR) is 119 cm³/mol. The second-order valence-electron chi connectivity index (χ2n) is 7.50. The van der Waals surface area contributed by atoms with E-state index >= 15 is 0 Å². The molecule has 1 saturated heterocycles. The molecule has 0 spiro atoms. The second-order valence-corrected chi connectivity index (χ2v) is 7.50. The van der Waals surface area contributed by atoms with E-state index in [-0.39, 0.29) is 30.5 Å². The molecule has 160 valence electrons. The molecule has 1 fully saturated rings. The van der Waals surface area contributed by atoms with E-state index in [1.165, 1.54) is 5.69 Å². The van der Waals surface area contributed by atoms with Crippen LogP contribution in [0.4, 0.5) is 5.69 Å². The average molecular weight is 418 g/mol. The van der Waals surface area contributed by atoms with Gasteiger partial charge in [-0.05, 0) is 31.2 Å². The molecule has 0 aliphatic carbocycles. The topological polar surface area (TPSA) is 78.7 Å². The summed E-state index contributed by atoms with van der Waals surface area (Å²) in [5.41, 5.74) is 2.25. The van der Waals surface area contributed by atoms with Crippen molar-refractivity contribution in [2.45, 2.75) is 13.3 Å². The van der Waals surface area contributed by atoms with Crippen molar-refractivity contribution in [3.63, 3.8) is 0 Å². The number of rotatable bonds is 6. The molecule has 0 atom stereocenters. The maximum Gasteiger partial charge on any atom is 0.273 e. The van der Waals surface area contributed by atoms with Gasteiger partial charge in [0.25, 0.3) is 5.91 Å². The summed E-state index contributed by atoms with van der Waals surface area (Å²) >= 11 is 0. The molecule has 1 aliphatic rings. The number of hydrogen-bond donors (Lipinski definition) is 1. The summed E-state index contributed by atoms with van der Waals surface area (Å²) in [4.78, 5) is 33.5. The van der Waals surface area contributed by atoms with Crippen LogP contribution in [0.3, 0.4) is 0 Å². The largest absolute Gasteiger partial charge is 0.441 e. The summed E-state index contributed by atoms with van der Waals surface area (Å²) in [6, 6.07) is 19.7. The monoisotopic (exact) mass is 418 g/mol. The Bertz CT molecular complexity index is 1030. The Morgan fingerprint density at radius 1 is 0.968 bits per heavy atom. The van der Waals surface area contributed by atoms with E-state index < -0.39 is 0 Å². The van der Waals surface area contributed by atoms with Crippen molar-refractivity contribution in [1.82, 2.24) is 15.2 Å². The van der Waals surface area contributed by atoms with Crippen molar-refractivity contribution in [1.29, 1.82) is 0 Å². The van der Waals surface area contributed by atoms with Crippen LogP contribution in [0.25, 0.3) is 11.5 Å². The third-order valence-electron chi connectivity index (χ3n) is 5.41. The van der Waals surface area contributed by atoms with Crippen molar-refractivity contribution < 1.29 is 14.0 Å². The summed E-state index contributed by atoms with van der Waals surface area (Å²) in [6.45, 7) is 4.97. The van der Waals surface area contributed by atoms with E-state index in [1.54, 1.807) is 6.92 Å². The standard InChI is InChI=1S/C24H26N4O3/c1-18-22(26-24(31-18)19-8-4-2-5-9-19)23(30)25-13-12-21(29)28-16-14-27(15-17-28)20-10-6-3-7-11-20/h2-11H,12-17H2,1H3,(H,25,30).